The summed E-state index contributed by atoms with van der Waals surface area (Å²) < 4.78 is 62.1. The van der Waals surface area contributed by atoms with Crippen LogP contribution in [0.25, 0.3) is 0 Å². The molecule has 1 aromatic heterocycles. The number of aromatic nitrogens is 1. The molecule has 1 aromatic rings. The first-order valence-corrected chi connectivity index (χ1v) is 5.47. The number of hydrogen-bond donors (Lipinski definition) is 1. The Morgan fingerprint density at radius 2 is 2.00 bits per heavy atom. The van der Waals surface area contributed by atoms with Gasteiger partial charge in [0.2, 0.25) is 0 Å². The molecule has 0 fully saturated rings. The molecule has 0 atom stereocenters. The minimum absolute atomic E-state index is 0.416. The number of pyridine rings is 1. The molecule has 18 heavy (non-hydrogen) atoms. The van der Waals surface area contributed by atoms with Gasteiger partial charge in [0.05, 0.1) is 6.42 Å². The summed E-state index contributed by atoms with van der Waals surface area (Å²) in [5.41, 5.74) is -3.01. The molecule has 0 aliphatic rings. The van der Waals surface area contributed by atoms with E-state index >= 15 is 0 Å². The van der Waals surface area contributed by atoms with Gasteiger partial charge >= 0.3 is 12.1 Å². The quantitative estimate of drug-likeness (QED) is 0.646. The lowest BCUT2D eigenvalue weighted by Crippen LogP contribution is -2.15. The lowest BCUT2D eigenvalue weighted by Gasteiger charge is -2.13. The Kier molecular flexibility index (Phi) is 4.46. The number of carbonyl (C=O) groups is 1. The van der Waals surface area contributed by atoms with Crippen molar-refractivity contribution in [3.8, 4) is 0 Å². The van der Waals surface area contributed by atoms with Crippen LogP contribution in [-0.4, -0.2) is 16.1 Å². The Labute approximate surface area is 111 Å². The van der Waals surface area contributed by atoms with Crippen LogP contribution in [0.3, 0.4) is 0 Å². The molecular formula is C9H5F5INO2. The first-order chi connectivity index (χ1) is 8.12. The predicted octanol–water partition coefficient (Wildman–Crippen LogP) is 3.27. The van der Waals surface area contributed by atoms with Crippen LogP contribution in [0.5, 0.6) is 0 Å². The van der Waals surface area contributed by atoms with E-state index in [-0.39, 0.29) is 0 Å². The minimum Gasteiger partial charge on any atom is -0.481 e. The fourth-order valence-electron chi connectivity index (χ4n) is 1.23. The largest absolute Gasteiger partial charge is 0.481 e. The molecule has 0 saturated heterocycles. The Morgan fingerprint density at radius 3 is 2.39 bits per heavy atom. The molecule has 0 unspecified atom stereocenters. The van der Waals surface area contributed by atoms with Gasteiger partial charge in [0.25, 0.3) is 6.43 Å². The van der Waals surface area contributed by atoms with Crippen LogP contribution in [0, 0.1) is 3.57 Å². The number of halogens is 6. The van der Waals surface area contributed by atoms with Crippen molar-refractivity contribution in [2.24, 2.45) is 0 Å². The Balaban J connectivity index is 3.39. The standard InChI is InChI=1S/C9H5F5INO2/c10-8(11)6-3(2-5(17)18)1-4(15)7(16-6)9(12,13)14/h1,8H,2H2,(H,17,18). The normalized spacial score (nSPS) is 11.9. The molecule has 0 aromatic carbocycles. The SMILES string of the molecule is O=C(O)Cc1cc(I)c(C(F)(F)F)nc1C(F)F. The van der Waals surface area contributed by atoms with Crippen molar-refractivity contribution in [3.63, 3.8) is 0 Å². The second kappa shape index (κ2) is 5.33. The average Bonchev–Trinajstić information content (AvgIpc) is 2.13. The molecule has 0 amide bonds. The summed E-state index contributed by atoms with van der Waals surface area (Å²) >= 11 is 1.28. The molecule has 0 bridgehead atoms. The first-order valence-electron chi connectivity index (χ1n) is 4.39. The summed E-state index contributed by atoms with van der Waals surface area (Å²) in [6.45, 7) is 0. The maximum absolute atomic E-state index is 12.6. The fourth-order valence-corrected chi connectivity index (χ4v) is 2.04. The maximum Gasteiger partial charge on any atom is 0.434 e. The third-order valence-electron chi connectivity index (χ3n) is 1.91. The highest BCUT2D eigenvalue weighted by atomic mass is 127. The van der Waals surface area contributed by atoms with Gasteiger partial charge in [-0.25, -0.2) is 13.8 Å². The molecule has 0 spiro atoms. The third kappa shape index (κ3) is 3.50. The van der Waals surface area contributed by atoms with E-state index in [1.165, 1.54) is 22.6 Å². The number of aliphatic carboxylic acids is 1. The van der Waals surface area contributed by atoms with E-state index in [1.54, 1.807) is 0 Å². The number of rotatable bonds is 3. The van der Waals surface area contributed by atoms with Gasteiger partial charge in [-0.2, -0.15) is 13.2 Å². The molecule has 1 rings (SSSR count). The number of nitrogens with zero attached hydrogens (tertiary/aromatic N) is 1. The Bertz CT molecular complexity index is 475. The molecule has 0 radical (unpaired) electrons. The van der Waals surface area contributed by atoms with Crippen LogP contribution >= 0.6 is 22.6 Å². The van der Waals surface area contributed by atoms with E-state index < -0.39 is 45.5 Å². The molecule has 0 saturated carbocycles. The smallest absolute Gasteiger partial charge is 0.434 e. The predicted molar refractivity (Wildman–Crippen MR) is 58.3 cm³/mol. The summed E-state index contributed by atoms with van der Waals surface area (Å²) in [4.78, 5) is 13.3. The van der Waals surface area contributed by atoms with E-state index in [2.05, 4.69) is 4.98 Å². The summed E-state index contributed by atoms with van der Waals surface area (Å²) in [6.07, 6.45) is -8.93. The maximum atomic E-state index is 12.6. The summed E-state index contributed by atoms with van der Waals surface area (Å²) in [5, 5.41) is 8.50. The van der Waals surface area contributed by atoms with E-state index in [0.29, 0.717) is 0 Å². The van der Waals surface area contributed by atoms with Crippen LogP contribution in [0.1, 0.15) is 23.4 Å². The number of alkyl halides is 5. The summed E-state index contributed by atoms with van der Waals surface area (Å²) in [6, 6.07) is 0.770. The molecular weight excluding hydrogens is 376 g/mol. The average molecular weight is 381 g/mol. The first kappa shape index (κ1) is 15.1. The van der Waals surface area contributed by atoms with Crippen LogP contribution in [-0.2, 0) is 17.4 Å². The summed E-state index contributed by atoms with van der Waals surface area (Å²) in [7, 11) is 0. The fraction of sp³-hybridized carbons (Fsp3) is 0.333. The topological polar surface area (TPSA) is 50.2 Å². The zero-order chi connectivity index (χ0) is 14.1. The van der Waals surface area contributed by atoms with Gasteiger partial charge in [-0.1, -0.05) is 0 Å². The van der Waals surface area contributed by atoms with Crippen LogP contribution in [0.4, 0.5) is 22.0 Å². The Hall–Kier alpha value is -1.00. The lowest BCUT2D eigenvalue weighted by molar-refractivity contribution is -0.142. The van der Waals surface area contributed by atoms with E-state index in [9.17, 15) is 26.7 Å². The highest BCUT2D eigenvalue weighted by molar-refractivity contribution is 14.1. The molecule has 0 aliphatic heterocycles. The number of hydrogen-bond acceptors (Lipinski definition) is 2. The molecule has 1 heterocycles. The van der Waals surface area contributed by atoms with Gasteiger partial charge in [-0.3, -0.25) is 4.79 Å². The molecule has 9 heteroatoms. The lowest BCUT2D eigenvalue weighted by atomic mass is 10.1. The zero-order valence-corrected chi connectivity index (χ0v) is 10.6. The third-order valence-corrected chi connectivity index (χ3v) is 2.73. The van der Waals surface area contributed by atoms with Crippen molar-refractivity contribution < 1.29 is 31.9 Å². The highest BCUT2D eigenvalue weighted by Crippen LogP contribution is 2.34. The van der Waals surface area contributed by atoms with Crippen molar-refractivity contribution in [2.45, 2.75) is 19.0 Å². The van der Waals surface area contributed by atoms with Gasteiger partial charge in [0.1, 0.15) is 5.69 Å². The summed E-state index contributed by atoms with van der Waals surface area (Å²) in [5.74, 6) is -1.42. The van der Waals surface area contributed by atoms with E-state index in [1.807, 2.05) is 0 Å². The van der Waals surface area contributed by atoms with Crippen molar-refractivity contribution in [1.29, 1.82) is 0 Å². The van der Waals surface area contributed by atoms with Crippen molar-refractivity contribution in [2.75, 3.05) is 0 Å². The van der Waals surface area contributed by atoms with Crippen molar-refractivity contribution >= 4 is 28.6 Å². The second-order valence-electron chi connectivity index (χ2n) is 3.23. The van der Waals surface area contributed by atoms with Gasteiger partial charge in [-0.05, 0) is 34.2 Å². The minimum atomic E-state index is -4.86. The van der Waals surface area contributed by atoms with Crippen LogP contribution in [0.15, 0.2) is 6.07 Å². The molecule has 0 aliphatic carbocycles. The van der Waals surface area contributed by atoms with Crippen LogP contribution in [0.2, 0.25) is 0 Å². The number of carboxylic acids is 1. The van der Waals surface area contributed by atoms with E-state index in [4.69, 9.17) is 5.11 Å². The van der Waals surface area contributed by atoms with E-state index in [0.717, 1.165) is 6.07 Å². The van der Waals surface area contributed by atoms with Gasteiger partial charge in [-0.15, -0.1) is 0 Å². The van der Waals surface area contributed by atoms with Gasteiger partial charge in [0, 0.05) is 3.57 Å². The molecule has 1 N–H and O–H groups in total. The van der Waals surface area contributed by atoms with Crippen molar-refractivity contribution in [1.82, 2.24) is 4.98 Å². The van der Waals surface area contributed by atoms with Crippen LogP contribution < -0.4 is 0 Å². The van der Waals surface area contributed by atoms with Crippen molar-refractivity contribution in [3.05, 3.63) is 26.6 Å². The van der Waals surface area contributed by atoms with Gasteiger partial charge in [0.15, 0.2) is 5.69 Å². The second-order valence-corrected chi connectivity index (χ2v) is 4.39. The molecule has 100 valence electrons. The zero-order valence-electron chi connectivity index (χ0n) is 8.43. The Morgan fingerprint density at radius 1 is 1.44 bits per heavy atom. The molecule has 3 nitrogen and oxygen atoms in total. The number of carboxylic acid groups (broad SMARTS) is 1. The monoisotopic (exact) mass is 381 g/mol. The van der Waals surface area contributed by atoms with Gasteiger partial charge < -0.3 is 5.11 Å². The highest BCUT2D eigenvalue weighted by Gasteiger charge is 2.36.